The van der Waals surface area contributed by atoms with E-state index in [1.54, 1.807) is 6.08 Å². The molecular formula is C38H68O10. The van der Waals surface area contributed by atoms with Gasteiger partial charge >= 0.3 is 11.9 Å². The highest BCUT2D eigenvalue weighted by Gasteiger charge is 2.44. The number of hydrogen-bond acceptors (Lipinski definition) is 10. The van der Waals surface area contributed by atoms with Crippen molar-refractivity contribution >= 4 is 11.9 Å². The molecule has 0 bridgehead atoms. The quantitative estimate of drug-likeness (QED) is 0.0282. The fourth-order valence-corrected chi connectivity index (χ4v) is 5.63. The van der Waals surface area contributed by atoms with Crippen LogP contribution in [0.25, 0.3) is 0 Å². The number of esters is 2. The molecule has 1 rings (SSSR count). The summed E-state index contributed by atoms with van der Waals surface area (Å²) in [5.74, 6) is -1.06. The maximum absolute atomic E-state index is 12.6. The average molecular weight is 685 g/mol. The average Bonchev–Trinajstić information content (AvgIpc) is 3.08. The second-order valence-corrected chi connectivity index (χ2v) is 13.1. The van der Waals surface area contributed by atoms with Crippen molar-refractivity contribution < 1.29 is 49.0 Å². The molecule has 0 aliphatic carbocycles. The standard InChI is InChI=1S/C38H68O10/c1-3-5-7-9-11-13-14-15-16-17-18-19-21-22-24-26-33(40)45-29-31(47-34(41)27-25-23-20-12-10-8-6-4-2)30-46-38-37(44)36(43)35(42)32(28-39)48-38/h21-22,24,26,31-32,35-39,42-44H,3-20,23,25,27-30H2,1-2H3/b22-21+,26-24+/t31-,32-,35+,36?,37?,38-/m0/s1. The smallest absolute Gasteiger partial charge is 0.330 e. The van der Waals surface area contributed by atoms with Crippen LogP contribution in [0.3, 0.4) is 0 Å². The van der Waals surface area contributed by atoms with Crippen LogP contribution in [0.4, 0.5) is 0 Å². The number of hydrogen-bond donors (Lipinski definition) is 4. The molecule has 1 heterocycles. The van der Waals surface area contributed by atoms with Gasteiger partial charge in [0.1, 0.15) is 31.0 Å². The molecule has 10 nitrogen and oxygen atoms in total. The van der Waals surface area contributed by atoms with Gasteiger partial charge < -0.3 is 39.4 Å². The van der Waals surface area contributed by atoms with Gasteiger partial charge in [-0.1, -0.05) is 141 Å². The summed E-state index contributed by atoms with van der Waals surface area (Å²) in [6, 6.07) is 0. The minimum Gasteiger partial charge on any atom is -0.458 e. The van der Waals surface area contributed by atoms with Crippen LogP contribution < -0.4 is 0 Å². The van der Waals surface area contributed by atoms with E-state index in [0.717, 1.165) is 32.1 Å². The lowest BCUT2D eigenvalue weighted by Crippen LogP contribution is -2.59. The highest BCUT2D eigenvalue weighted by Crippen LogP contribution is 2.22. The van der Waals surface area contributed by atoms with Crippen LogP contribution in [-0.2, 0) is 28.5 Å². The molecule has 1 aliphatic rings. The Kier molecular flexibility index (Phi) is 27.7. The van der Waals surface area contributed by atoms with Gasteiger partial charge in [-0.25, -0.2) is 4.79 Å². The summed E-state index contributed by atoms with van der Waals surface area (Å²) in [6.07, 6.45) is 22.7. The van der Waals surface area contributed by atoms with E-state index in [4.69, 9.17) is 18.9 Å². The molecule has 4 N–H and O–H groups in total. The van der Waals surface area contributed by atoms with Crippen LogP contribution in [0.1, 0.15) is 149 Å². The molecule has 6 atom stereocenters. The number of aliphatic hydroxyl groups excluding tert-OH is 4. The van der Waals surface area contributed by atoms with E-state index in [1.165, 1.54) is 96.0 Å². The lowest BCUT2D eigenvalue weighted by atomic mass is 9.99. The summed E-state index contributed by atoms with van der Waals surface area (Å²) < 4.78 is 21.8. The number of unbranched alkanes of at least 4 members (excludes halogenated alkanes) is 18. The molecule has 0 radical (unpaired) electrons. The van der Waals surface area contributed by atoms with Gasteiger partial charge in [-0.3, -0.25) is 4.79 Å². The third-order valence-corrected chi connectivity index (χ3v) is 8.69. The molecule has 1 fully saturated rings. The maximum atomic E-state index is 12.6. The molecule has 0 aromatic rings. The second-order valence-electron chi connectivity index (χ2n) is 13.1. The molecule has 48 heavy (non-hydrogen) atoms. The highest BCUT2D eigenvalue weighted by molar-refractivity contribution is 5.82. The summed E-state index contributed by atoms with van der Waals surface area (Å²) >= 11 is 0. The molecule has 0 spiro atoms. The van der Waals surface area contributed by atoms with E-state index >= 15 is 0 Å². The zero-order chi connectivity index (χ0) is 35.2. The van der Waals surface area contributed by atoms with Crippen LogP contribution in [0.2, 0.25) is 0 Å². The first-order valence-corrected chi connectivity index (χ1v) is 19.0. The minimum atomic E-state index is -1.60. The number of carbonyl (C=O) groups is 2. The fraction of sp³-hybridized carbons (Fsp3) is 0.842. The van der Waals surface area contributed by atoms with Crippen molar-refractivity contribution in [2.75, 3.05) is 19.8 Å². The van der Waals surface area contributed by atoms with Gasteiger partial charge in [-0.05, 0) is 19.3 Å². The van der Waals surface area contributed by atoms with Gasteiger partial charge in [0.2, 0.25) is 0 Å². The van der Waals surface area contributed by atoms with Crippen molar-refractivity contribution in [1.82, 2.24) is 0 Å². The first kappa shape index (κ1) is 44.2. The predicted molar refractivity (Wildman–Crippen MR) is 187 cm³/mol. The second kappa shape index (κ2) is 30.0. The fourth-order valence-electron chi connectivity index (χ4n) is 5.63. The largest absolute Gasteiger partial charge is 0.458 e. The lowest BCUT2D eigenvalue weighted by molar-refractivity contribution is -0.305. The molecule has 0 aromatic heterocycles. The third kappa shape index (κ3) is 22.0. The van der Waals surface area contributed by atoms with Crippen LogP contribution in [-0.4, -0.2) is 89.0 Å². The molecule has 1 aliphatic heterocycles. The summed E-state index contributed by atoms with van der Waals surface area (Å²) in [5.41, 5.74) is 0. The molecular weight excluding hydrogens is 616 g/mol. The zero-order valence-electron chi connectivity index (χ0n) is 30.0. The Labute approximate surface area is 290 Å². The van der Waals surface area contributed by atoms with Gasteiger partial charge in [-0.15, -0.1) is 0 Å². The van der Waals surface area contributed by atoms with E-state index in [1.807, 2.05) is 12.2 Å². The summed E-state index contributed by atoms with van der Waals surface area (Å²) in [4.78, 5) is 24.9. The molecule has 0 aromatic carbocycles. The van der Waals surface area contributed by atoms with Gasteiger partial charge in [0.05, 0.1) is 13.2 Å². The normalized spacial score (nSPS) is 22.0. The van der Waals surface area contributed by atoms with E-state index in [-0.39, 0.29) is 19.6 Å². The highest BCUT2D eigenvalue weighted by atomic mass is 16.7. The SMILES string of the molecule is CCCCCCCCCCCCC/C=C/C=C/C(=O)OC[C@@H](CO[C@H]1O[C@@H](CO)[C@@H](O)C(O)C1O)OC(=O)CCCCCCCCCC. The Balaban J connectivity index is 2.43. The van der Waals surface area contributed by atoms with Crippen LogP contribution in [0, 0.1) is 0 Å². The summed E-state index contributed by atoms with van der Waals surface area (Å²) in [5, 5.41) is 39.8. The number of aliphatic hydroxyl groups is 4. The van der Waals surface area contributed by atoms with Gasteiger partial charge in [-0.2, -0.15) is 0 Å². The van der Waals surface area contributed by atoms with E-state index in [0.29, 0.717) is 6.42 Å². The molecule has 0 amide bonds. The van der Waals surface area contributed by atoms with E-state index in [2.05, 4.69) is 13.8 Å². The molecule has 1 saturated heterocycles. The van der Waals surface area contributed by atoms with Crippen molar-refractivity contribution in [2.24, 2.45) is 0 Å². The number of allylic oxidation sites excluding steroid dienone is 3. The maximum Gasteiger partial charge on any atom is 0.330 e. The van der Waals surface area contributed by atoms with Crippen molar-refractivity contribution in [3.05, 3.63) is 24.3 Å². The topological polar surface area (TPSA) is 152 Å². The number of rotatable bonds is 30. The monoisotopic (exact) mass is 684 g/mol. The van der Waals surface area contributed by atoms with Crippen LogP contribution in [0.5, 0.6) is 0 Å². The van der Waals surface area contributed by atoms with Crippen molar-refractivity contribution in [2.45, 2.75) is 185 Å². The lowest BCUT2D eigenvalue weighted by Gasteiger charge is -2.39. The van der Waals surface area contributed by atoms with E-state index in [9.17, 15) is 30.0 Å². The Bertz CT molecular complexity index is 845. The minimum absolute atomic E-state index is 0.212. The molecule has 10 heteroatoms. The number of ether oxygens (including phenoxy) is 4. The van der Waals surface area contributed by atoms with Crippen LogP contribution in [0.15, 0.2) is 24.3 Å². The van der Waals surface area contributed by atoms with Gasteiger partial charge in [0.15, 0.2) is 12.4 Å². The Morgan fingerprint density at radius 3 is 1.79 bits per heavy atom. The molecule has 280 valence electrons. The first-order chi connectivity index (χ1) is 23.3. The summed E-state index contributed by atoms with van der Waals surface area (Å²) in [7, 11) is 0. The van der Waals surface area contributed by atoms with Crippen molar-refractivity contribution in [1.29, 1.82) is 0 Å². The first-order valence-electron chi connectivity index (χ1n) is 19.0. The Morgan fingerprint density at radius 2 is 1.23 bits per heavy atom. The molecule has 2 unspecified atom stereocenters. The zero-order valence-corrected chi connectivity index (χ0v) is 30.0. The van der Waals surface area contributed by atoms with Crippen molar-refractivity contribution in [3.8, 4) is 0 Å². The Hall–Kier alpha value is -1.82. The number of carbonyl (C=O) groups excluding carboxylic acids is 2. The van der Waals surface area contributed by atoms with E-state index < -0.39 is 55.4 Å². The van der Waals surface area contributed by atoms with Gasteiger partial charge in [0.25, 0.3) is 0 Å². The Morgan fingerprint density at radius 1 is 0.688 bits per heavy atom. The van der Waals surface area contributed by atoms with Crippen LogP contribution >= 0.6 is 0 Å². The predicted octanol–water partition coefficient (Wildman–Crippen LogP) is 6.60. The third-order valence-electron chi connectivity index (χ3n) is 8.69. The van der Waals surface area contributed by atoms with Gasteiger partial charge in [0, 0.05) is 12.5 Å². The van der Waals surface area contributed by atoms with Crippen molar-refractivity contribution in [3.63, 3.8) is 0 Å². The molecule has 0 saturated carbocycles. The summed E-state index contributed by atoms with van der Waals surface area (Å²) in [6.45, 7) is 3.24.